The number of rotatable bonds is 3. The molecule has 5 nitrogen and oxygen atoms in total. The smallest absolute Gasteiger partial charge is 0.225 e. The average molecular weight is 194 g/mol. The number of anilines is 1. The zero-order chi connectivity index (χ0) is 9.97. The monoisotopic (exact) mass is 194 g/mol. The second-order valence-electron chi connectivity index (χ2n) is 3.31. The maximum absolute atomic E-state index is 4.99. The summed E-state index contributed by atoms with van der Waals surface area (Å²) in [7, 11) is 3.58. The van der Waals surface area contributed by atoms with Gasteiger partial charge in [0.2, 0.25) is 5.95 Å². The van der Waals surface area contributed by atoms with Crippen molar-refractivity contribution in [3.8, 4) is 5.75 Å². The molecule has 0 amide bonds. The first kappa shape index (κ1) is 9.21. The summed E-state index contributed by atoms with van der Waals surface area (Å²) in [5.41, 5.74) is 0. The molecule has 5 heteroatoms. The topological polar surface area (TPSA) is 50.3 Å². The van der Waals surface area contributed by atoms with E-state index in [0.717, 1.165) is 19.0 Å². The van der Waals surface area contributed by atoms with E-state index >= 15 is 0 Å². The minimum absolute atomic E-state index is 0.570. The molecule has 14 heavy (non-hydrogen) atoms. The first-order chi connectivity index (χ1) is 6.83. The van der Waals surface area contributed by atoms with Gasteiger partial charge >= 0.3 is 0 Å². The van der Waals surface area contributed by atoms with Crippen LogP contribution in [-0.2, 0) is 0 Å². The largest absolute Gasteiger partial charge is 0.494 e. The van der Waals surface area contributed by atoms with Crippen LogP contribution in [0.25, 0.3) is 0 Å². The van der Waals surface area contributed by atoms with E-state index in [9.17, 15) is 0 Å². The van der Waals surface area contributed by atoms with E-state index in [2.05, 4.69) is 20.2 Å². The minimum Gasteiger partial charge on any atom is -0.494 e. The number of nitrogens with one attached hydrogen (secondary N) is 1. The molecule has 1 saturated heterocycles. The minimum atomic E-state index is 0.570. The first-order valence-electron chi connectivity index (χ1n) is 4.61. The van der Waals surface area contributed by atoms with Crippen molar-refractivity contribution >= 4 is 5.95 Å². The van der Waals surface area contributed by atoms with Gasteiger partial charge < -0.3 is 15.0 Å². The number of hydrogen-bond donors (Lipinski definition) is 1. The number of nitrogens with zero attached hydrogens (tertiary/aromatic N) is 3. The highest BCUT2D eigenvalue weighted by Gasteiger charge is 2.26. The van der Waals surface area contributed by atoms with Crippen molar-refractivity contribution in [2.24, 2.45) is 0 Å². The van der Waals surface area contributed by atoms with E-state index in [0.29, 0.717) is 11.8 Å². The Morgan fingerprint density at radius 3 is 2.57 bits per heavy atom. The maximum atomic E-state index is 4.99. The molecule has 1 N–H and O–H groups in total. The standard InChI is InChI=1S/C9H14N4O/c1-10-7-5-13(6-7)9-11-3-8(14-2)4-12-9/h3-4,7,10H,5-6H2,1-2H3. The predicted molar refractivity (Wildman–Crippen MR) is 53.6 cm³/mol. The van der Waals surface area contributed by atoms with E-state index in [-0.39, 0.29) is 0 Å². The Kier molecular flexibility index (Phi) is 2.49. The molecule has 0 saturated carbocycles. The normalized spacial score (nSPS) is 16.6. The van der Waals surface area contributed by atoms with Crippen LogP contribution in [0.15, 0.2) is 12.4 Å². The van der Waals surface area contributed by atoms with Crippen LogP contribution in [0.3, 0.4) is 0 Å². The fourth-order valence-electron chi connectivity index (χ4n) is 1.40. The van der Waals surface area contributed by atoms with Crippen LogP contribution in [0.2, 0.25) is 0 Å². The molecule has 1 aliphatic heterocycles. The second-order valence-corrected chi connectivity index (χ2v) is 3.31. The highest BCUT2D eigenvalue weighted by atomic mass is 16.5. The highest BCUT2D eigenvalue weighted by molar-refractivity contribution is 5.36. The van der Waals surface area contributed by atoms with Gasteiger partial charge in [0, 0.05) is 19.1 Å². The molecule has 1 aromatic rings. The molecule has 0 spiro atoms. The summed E-state index contributed by atoms with van der Waals surface area (Å²) in [6.45, 7) is 1.95. The van der Waals surface area contributed by atoms with Crippen molar-refractivity contribution in [3.63, 3.8) is 0 Å². The van der Waals surface area contributed by atoms with Crippen molar-refractivity contribution < 1.29 is 4.74 Å². The van der Waals surface area contributed by atoms with Crippen LogP contribution >= 0.6 is 0 Å². The van der Waals surface area contributed by atoms with Crippen LogP contribution in [-0.4, -0.2) is 43.3 Å². The van der Waals surface area contributed by atoms with E-state index in [1.165, 1.54) is 0 Å². The molecule has 1 fully saturated rings. The van der Waals surface area contributed by atoms with Gasteiger partial charge in [-0.15, -0.1) is 0 Å². The third kappa shape index (κ3) is 1.63. The summed E-state index contributed by atoms with van der Waals surface area (Å²) in [6, 6.07) is 0.570. The zero-order valence-corrected chi connectivity index (χ0v) is 8.40. The van der Waals surface area contributed by atoms with Crippen molar-refractivity contribution in [1.29, 1.82) is 0 Å². The third-order valence-corrected chi connectivity index (χ3v) is 2.42. The van der Waals surface area contributed by atoms with Crippen molar-refractivity contribution in [2.45, 2.75) is 6.04 Å². The van der Waals surface area contributed by atoms with Gasteiger partial charge in [-0.05, 0) is 7.05 Å². The lowest BCUT2D eigenvalue weighted by atomic mass is 10.1. The Morgan fingerprint density at radius 1 is 1.43 bits per heavy atom. The van der Waals surface area contributed by atoms with Gasteiger partial charge in [-0.25, -0.2) is 9.97 Å². The number of ether oxygens (including phenoxy) is 1. The van der Waals surface area contributed by atoms with Gasteiger partial charge in [-0.2, -0.15) is 0 Å². The van der Waals surface area contributed by atoms with Gasteiger partial charge in [0.25, 0.3) is 0 Å². The molecule has 0 unspecified atom stereocenters. The fourth-order valence-corrected chi connectivity index (χ4v) is 1.40. The third-order valence-electron chi connectivity index (χ3n) is 2.42. The van der Waals surface area contributed by atoms with Gasteiger partial charge in [0.15, 0.2) is 5.75 Å². The molecule has 0 atom stereocenters. The van der Waals surface area contributed by atoms with Crippen molar-refractivity contribution in [2.75, 3.05) is 32.1 Å². The SMILES string of the molecule is CNC1CN(c2ncc(OC)cn2)C1. The van der Waals surface area contributed by atoms with Crippen LogP contribution in [0.1, 0.15) is 0 Å². The Morgan fingerprint density at radius 2 is 2.07 bits per heavy atom. The molecule has 2 heterocycles. The van der Waals surface area contributed by atoms with Crippen LogP contribution in [0.5, 0.6) is 5.75 Å². The molecule has 1 aliphatic rings. The Labute approximate surface area is 83.1 Å². The molecule has 0 aromatic carbocycles. The Bertz CT molecular complexity index is 294. The van der Waals surface area contributed by atoms with E-state index in [1.54, 1.807) is 19.5 Å². The van der Waals surface area contributed by atoms with Gasteiger partial charge in [0.1, 0.15) is 0 Å². The molecule has 0 aliphatic carbocycles. The molecule has 76 valence electrons. The van der Waals surface area contributed by atoms with Crippen LogP contribution in [0.4, 0.5) is 5.95 Å². The number of aromatic nitrogens is 2. The summed E-state index contributed by atoms with van der Waals surface area (Å²) >= 11 is 0. The predicted octanol–water partition coefficient (Wildman–Crippen LogP) is -0.107. The molecule has 1 aromatic heterocycles. The second kappa shape index (κ2) is 3.79. The first-order valence-corrected chi connectivity index (χ1v) is 4.61. The van der Waals surface area contributed by atoms with Crippen LogP contribution < -0.4 is 15.0 Å². The van der Waals surface area contributed by atoms with E-state index in [1.807, 2.05) is 7.05 Å². The molecular formula is C9H14N4O. The van der Waals surface area contributed by atoms with Gasteiger partial charge in [0.05, 0.1) is 19.5 Å². The van der Waals surface area contributed by atoms with Crippen molar-refractivity contribution in [3.05, 3.63) is 12.4 Å². The lowest BCUT2D eigenvalue weighted by molar-refractivity contribution is 0.408. The number of likely N-dealkylation sites (N-methyl/N-ethyl adjacent to an activating group) is 1. The summed E-state index contributed by atoms with van der Waals surface area (Å²) in [6.07, 6.45) is 3.38. The number of methoxy groups -OCH3 is 1. The van der Waals surface area contributed by atoms with Crippen LogP contribution in [0, 0.1) is 0 Å². The number of hydrogen-bond acceptors (Lipinski definition) is 5. The summed E-state index contributed by atoms with van der Waals surface area (Å²) in [5, 5.41) is 3.20. The molecule has 2 rings (SSSR count). The lowest BCUT2D eigenvalue weighted by Crippen LogP contribution is -2.57. The zero-order valence-electron chi connectivity index (χ0n) is 8.40. The summed E-state index contributed by atoms with van der Waals surface area (Å²) in [4.78, 5) is 10.5. The molecule has 0 radical (unpaired) electrons. The highest BCUT2D eigenvalue weighted by Crippen LogP contribution is 2.17. The Balaban J connectivity index is 1.98. The quantitative estimate of drug-likeness (QED) is 0.727. The average Bonchev–Trinajstić information content (AvgIpc) is 2.17. The lowest BCUT2D eigenvalue weighted by Gasteiger charge is -2.38. The fraction of sp³-hybridized carbons (Fsp3) is 0.556. The Hall–Kier alpha value is -1.36. The van der Waals surface area contributed by atoms with Crippen molar-refractivity contribution in [1.82, 2.24) is 15.3 Å². The molecule has 0 bridgehead atoms. The maximum Gasteiger partial charge on any atom is 0.225 e. The van der Waals surface area contributed by atoms with E-state index in [4.69, 9.17) is 4.74 Å². The summed E-state index contributed by atoms with van der Waals surface area (Å²) in [5.74, 6) is 1.47. The van der Waals surface area contributed by atoms with Gasteiger partial charge in [-0.3, -0.25) is 0 Å². The molecular weight excluding hydrogens is 180 g/mol. The van der Waals surface area contributed by atoms with Gasteiger partial charge in [-0.1, -0.05) is 0 Å². The van der Waals surface area contributed by atoms with E-state index < -0.39 is 0 Å². The summed E-state index contributed by atoms with van der Waals surface area (Å²) < 4.78 is 4.99.